The first-order valence-electron chi connectivity index (χ1n) is 17.6. The number of sulfone groups is 1. The van der Waals surface area contributed by atoms with Gasteiger partial charge in [0.1, 0.15) is 16.4 Å². The summed E-state index contributed by atoms with van der Waals surface area (Å²) in [6, 6.07) is 24.2. The van der Waals surface area contributed by atoms with Crippen LogP contribution in [0.25, 0.3) is 0 Å². The molecule has 0 aliphatic carbocycles. The second kappa shape index (κ2) is 19.5. The number of hydrogen-bond acceptors (Lipinski definition) is 7. The van der Waals surface area contributed by atoms with E-state index < -0.39 is 9.84 Å². The van der Waals surface area contributed by atoms with Gasteiger partial charge in [-0.1, -0.05) is 102 Å². The third-order valence-corrected chi connectivity index (χ3v) is 10.3. The number of carbonyl (C=O) groups excluding carboxylic acids is 1. The number of rotatable bonds is 20. The highest BCUT2D eigenvalue weighted by atomic mass is 32.2. The maximum Gasteiger partial charge on any atom is 0.255 e. The molecule has 0 aliphatic rings. The molecule has 0 atom stereocenters. The van der Waals surface area contributed by atoms with Crippen LogP contribution in [0.4, 0.5) is 17.1 Å². The molecule has 1 amide bonds. The van der Waals surface area contributed by atoms with E-state index in [9.17, 15) is 23.4 Å². The van der Waals surface area contributed by atoms with Crippen LogP contribution in [-0.2, 0) is 16.3 Å². The number of nitrogens with zero attached hydrogens (tertiary/aromatic N) is 2. The van der Waals surface area contributed by atoms with E-state index in [4.69, 9.17) is 0 Å². The van der Waals surface area contributed by atoms with E-state index in [2.05, 4.69) is 22.5 Å². The Hall–Kier alpha value is -4.50. The minimum atomic E-state index is -4.14. The summed E-state index contributed by atoms with van der Waals surface area (Å²) in [6.07, 6.45) is 16.3. The molecule has 9 heteroatoms. The van der Waals surface area contributed by atoms with Crippen molar-refractivity contribution in [3.8, 4) is 11.5 Å². The van der Waals surface area contributed by atoms with Crippen molar-refractivity contribution in [2.75, 3.05) is 5.32 Å². The zero-order valence-electron chi connectivity index (χ0n) is 28.5. The lowest BCUT2D eigenvalue weighted by Crippen LogP contribution is -2.12. The Bertz CT molecular complexity index is 1740. The van der Waals surface area contributed by atoms with Gasteiger partial charge in [0.2, 0.25) is 9.84 Å². The predicted molar refractivity (Wildman–Crippen MR) is 196 cm³/mol. The molecular formula is C40H49N3O5S. The SMILES string of the molecule is CCCCCCCCCCCCCCCc1cc(O)cc(S(=O)(=O)c2ccc(NC(=O)c3ccc(N=Nc4ccccc4)cc3)cc2)c1O. The van der Waals surface area contributed by atoms with E-state index >= 15 is 0 Å². The molecule has 0 heterocycles. The quantitative estimate of drug-likeness (QED) is 0.0485. The maximum atomic E-state index is 13.5. The molecule has 8 nitrogen and oxygen atoms in total. The summed E-state index contributed by atoms with van der Waals surface area (Å²) >= 11 is 0. The number of phenolic OH excluding ortho intramolecular Hbond substituents is 2. The average Bonchev–Trinajstić information content (AvgIpc) is 3.11. The smallest absolute Gasteiger partial charge is 0.255 e. The predicted octanol–water partition coefficient (Wildman–Crippen LogP) is 11.2. The van der Waals surface area contributed by atoms with Crippen molar-refractivity contribution in [3.05, 3.63) is 102 Å². The second-order valence-corrected chi connectivity index (χ2v) is 14.4. The van der Waals surface area contributed by atoms with Crippen LogP contribution in [0.2, 0.25) is 0 Å². The number of aromatic hydroxyl groups is 2. The molecule has 4 aromatic carbocycles. The molecule has 0 radical (unpaired) electrons. The summed E-state index contributed by atoms with van der Waals surface area (Å²) in [5, 5.41) is 32.4. The molecule has 260 valence electrons. The molecule has 0 spiro atoms. The van der Waals surface area contributed by atoms with Gasteiger partial charge in [-0.25, -0.2) is 8.42 Å². The molecule has 4 aromatic rings. The van der Waals surface area contributed by atoms with Crippen LogP contribution in [0, 0.1) is 0 Å². The first-order valence-corrected chi connectivity index (χ1v) is 19.0. The first kappa shape index (κ1) is 37.3. The van der Waals surface area contributed by atoms with E-state index in [1.54, 1.807) is 24.3 Å². The van der Waals surface area contributed by atoms with Crippen molar-refractivity contribution in [1.29, 1.82) is 0 Å². The monoisotopic (exact) mass is 683 g/mol. The summed E-state index contributed by atoms with van der Waals surface area (Å²) in [4.78, 5) is 12.4. The van der Waals surface area contributed by atoms with Gasteiger partial charge >= 0.3 is 0 Å². The van der Waals surface area contributed by atoms with Crippen LogP contribution >= 0.6 is 0 Å². The van der Waals surface area contributed by atoms with Crippen LogP contribution < -0.4 is 5.32 Å². The Balaban J connectivity index is 1.26. The lowest BCUT2D eigenvalue weighted by atomic mass is 10.0. The number of carbonyl (C=O) groups is 1. The normalized spacial score (nSPS) is 11.6. The van der Waals surface area contributed by atoms with E-state index in [-0.39, 0.29) is 27.2 Å². The van der Waals surface area contributed by atoms with E-state index in [1.807, 2.05) is 30.3 Å². The molecule has 0 fully saturated rings. The van der Waals surface area contributed by atoms with Crippen molar-refractivity contribution in [1.82, 2.24) is 0 Å². The Morgan fingerprint density at radius 3 is 1.76 bits per heavy atom. The highest BCUT2D eigenvalue weighted by molar-refractivity contribution is 7.91. The van der Waals surface area contributed by atoms with Crippen molar-refractivity contribution < 1.29 is 23.4 Å². The minimum absolute atomic E-state index is 0.0635. The number of azo groups is 1. The van der Waals surface area contributed by atoms with Crippen LogP contribution in [0.5, 0.6) is 11.5 Å². The summed E-state index contributed by atoms with van der Waals surface area (Å²) in [7, 11) is -4.14. The fourth-order valence-corrected chi connectivity index (χ4v) is 7.13. The van der Waals surface area contributed by atoms with Crippen LogP contribution in [-0.4, -0.2) is 24.5 Å². The van der Waals surface area contributed by atoms with Gasteiger partial charge in [0.15, 0.2) is 0 Å². The van der Waals surface area contributed by atoms with E-state index in [1.165, 1.54) is 94.5 Å². The standard InChI is InChI=1S/C40H49N3O5S/c1-2-3-4-5-6-7-8-9-10-11-12-13-15-18-32-29-36(44)30-38(39(32)45)49(47,48)37-27-25-33(26-28-37)41-40(46)31-21-23-35(24-22-31)43-42-34-19-16-14-17-20-34/h14,16-17,19-30,44-45H,2-13,15,18H2,1H3,(H,41,46). The molecule has 0 saturated carbocycles. The number of nitrogens with one attached hydrogen (secondary N) is 1. The molecule has 4 rings (SSSR count). The fraction of sp³-hybridized carbons (Fsp3) is 0.375. The van der Waals surface area contributed by atoms with Crippen molar-refractivity contribution in [3.63, 3.8) is 0 Å². The van der Waals surface area contributed by atoms with Gasteiger partial charge in [0.25, 0.3) is 5.91 Å². The van der Waals surface area contributed by atoms with Crippen LogP contribution in [0.1, 0.15) is 106 Å². The van der Waals surface area contributed by atoms with Crippen molar-refractivity contribution >= 4 is 32.8 Å². The average molecular weight is 684 g/mol. The van der Waals surface area contributed by atoms with Crippen LogP contribution in [0.15, 0.2) is 111 Å². The molecule has 0 aliphatic heterocycles. The van der Waals surface area contributed by atoms with Gasteiger partial charge in [0.05, 0.1) is 16.3 Å². The fourth-order valence-electron chi connectivity index (χ4n) is 5.72. The number of unbranched alkanes of at least 4 members (excludes halogenated alkanes) is 12. The largest absolute Gasteiger partial charge is 0.508 e. The van der Waals surface area contributed by atoms with Gasteiger partial charge in [-0.15, -0.1) is 0 Å². The van der Waals surface area contributed by atoms with Crippen molar-refractivity contribution in [2.24, 2.45) is 10.2 Å². The lowest BCUT2D eigenvalue weighted by molar-refractivity contribution is 0.102. The van der Waals surface area contributed by atoms with Crippen molar-refractivity contribution in [2.45, 2.75) is 107 Å². The Morgan fingerprint density at radius 1 is 0.653 bits per heavy atom. The molecule has 0 bridgehead atoms. The summed E-state index contributed by atoms with van der Waals surface area (Å²) in [5.41, 5.74) is 2.53. The summed E-state index contributed by atoms with van der Waals surface area (Å²) in [6.45, 7) is 2.24. The highest BCUT2D eigenvalue weighted by Gasteiger charge is 2.24. The van der Waals surface area contributed by atoms with Crippen LogP contribution in [0.3, 0.4) is 0 Å². The van der Waals surface area contributed by atoms with Gasteiger partial charge < -0.3 is 15.5 Å². The number of hydrogen-bond donors (Lipinski definition) is 3. The van der Waals surface area contributed by atoms with Gasteiger partial charge in [-0.2, -0.15) is 10.2 Å². The van der Waals surface area contributed by atoms with Gasteiger partial charge in [0, 0.05) is 17.3 Å². The maximum absolute atomic E-state index is 13.5. The molecule has 0 unspecified atom stereocenters. The summed E-state index contributed by atoms with van der Waals surface area (Å²) in [5.74, 6) is -0.913. The Morgan fingerprint density at radius 2 is 1.18 bits per heavy atom. The summed E-state index contributed by atoms with van der Waals surface area (Å²) < 4.78 is 27.0. The number of anilines is 1. The number of phenols is 2. The lowest BCUT2D eigenvalue weighted by Gasteiger charge is -2.13. The van der Waals surface area contributed by atoms with Gasteiger partial charge in [-0.3, -0.25) is 4.79 Å². The molecule has 49 heavy (non-hydrogen) atoms. The Labute approximate surface area is 291 Å². The highest BCUT2D eigenvalue weighted by Crippen LogP contribution is 2.36. The Kier molecular flexibility index (Phi) is 14.8. The minimum Gasteiger partial charge on any atom is -0.508 e. The third-order valence-electron chi connectivity index (χ3n) is 8.57. The number of aryl methyl sites for hydroxylation is 1. The third kappa shape index (κ3) is 11.9. The van der Waals surface area contributed by atoms with E-state index in [0.29, 0.717) is 28.9 Å². The zero-order valence-corrected chi connectivity index (χ0v) is 29.3. The topological polar surface area (TPSA) is 128 Å². The second-order valence-electron chi connectivity index (χ2n) is 12.5. The molecular weight excluding hydrogens is 635 g/mol. The van der Waals surface area contributed by atoms with E-state index in [0.717, 1.165) is 31.0 Å². The zero-order chi connectivity index (χ0) is 34.9. The molecule has 0 aromatic heterocycles. The van der Waals surface area contributed by atoms with Gasteiger partial charge in [-0.05, 0) is 85.1 Å². The molecule has 3 N–H and O–H groups in total. The first-order chi connectivity index (χ1) is 23.8. The number of amides is 1. The molecule has 0 saturated heterocycles. The number of benzene rings is 4.